The van der Waals surface area contributed by atoms with E-state index in [-0.39, 0.29) is 4.90 Å². The van der Waals surface area contributed by atoms with Crippen LogP contribution in [0.2, 0.25) is 0 Å². The van der Waals surface area contributed by atoms with E-state index in [2.05, 4.69) is 0 Å². The van der Waals surface area contributed by atoms with Gasteiger partial charge >= 0.3 is 5.97 Å². The number of carboxylic acids is 1. The molecule has 0 unspecified atom stereocenters. The van der Waals surface area contributed by atoms with Crippen LogP contribution in [-0.2, 0) is 14.8 Å². The second-order valence-electron chi connectivity index (χ2n) is 4.29. The number of likely N-dealkylation sites (N-methyl/N-ethyl adjacent to an activating group) is 1. The van der Waals surface area contributed by atoms with E-state index in [4.69, 9.17) is 5.11 Å². The van der Waals surface area contributed by atoms with Crippen molar-refractivity contribution in [3.8, 4) is 0 Å². The molecule has 0 spiro atoms. The van der Waals surface area contributed by atoms with E-state index in [1.807, 2.05) is 0 Å². The molecule has 1 rings (SSSR count). The van der Waals surface area contributed by atoms with E-state index in [1.165, 1.54) is 20.9 Å². The van der Waals surface area contributed by atoms with Gasteiger partial charge in [-0.3, -0.25) is 4.79 Å². The quantitative estimate of drug-likeness (QED) is 0.899. The van der Waals surface area contributed by atoms with Crippen molar-refractivity contribution in [2.45, 2.75) is 24.3 Å². The van der Waals surface area contributed by atoms with Crippen LogP contribution in [-0.4, -0.2) is 36.4 Å². The first-order valence-electron chi connectivity index (χ1n) is 5.08. The number of halogens is 1. The molecule has 1 aromatic rings. The second-order valence-corrected chi connectivity index (χ2v) is 6.26. The van der Waals surface area contributed by atoms with Gasteiger partial charge in [0.25, 0.3) is 0 Å². The maximum Gasteiger partial charge on any atom is 0.324 e. The number of rotatable bonds is 4. The van der Waals surface area contributed by atoms with Gasteiger partial charge in [-0.25, -0.2) is 12.8 Å². The van der Waals surface area contributed by atoms with E-state index < -0.39 is 27.3 Å². The molecule has 0 saturated carbocycles. The summed E-state index contributed by atoms with van der Waals surface area (Å²) in [5.74, 6) is -1.83. The lowest BCUT2D eigenvalue weighted by atomic mass is 10.1. The van der Waals surface area contributed by atoms with Crippen molar-refractivity contribution in [3.05, 3.63) is 30.1 Å². The molecule has 0 atom stereocenters. The van der Waals surface area contributed by atoms with Gasteiger partial charge in [0.15, 0.2) is 0 Å². The van der Waals surface area contributed by atoms with Gasteiger partial charge in [0.05, 0.1) is 4.90 Å². The average molecular weight is 275 g/mol. The normalized spacial score (nSPS) is 12.7. The largest absolute Gasteiger partial charge is 0.480 e. The Morgan fingerprint density at radius 2 is 1.72 bits per heavy atom. The van der Waals surface area contributed by atoms with Crippen LogP contribution < -0.4 is 0 Å². The fourth-order valence-corrected chi connectivity index (χ4v) is 2.68. The molecule has 100 valence electrons. The van der Waals surface area contributed by atoms with E-state index in [1.54, 1.807) is 0 Å². The fraction of sp³-hybridized carbons (Fsp3) is 0.364. The summed E-state index contributed by atoms with van der Waals surface area (Å²) in [6.45, 7) is 2.55. The highest BCUT2D eigenvalue weighted by atomic mass is 32.2. The van der Waals surface area contributed by atoms with E-state index in [0.717, 1.165) is 28.6 Å². The first-order chi connectivity index (χ1) is 8.10. The third-order valence-corrected chi connectivity index (χ3v) is 4.83. The molecule has 0 aromatic heterocycles. The number of benzene rings is 1. The lowest BCUT2D eigenvalue weighted by Gasteiger charge is -2.30. The molecular weight excluding hydrogens is 261 g/mol. The smallest absolute Gasteiger partial charge is 0.324 e. The molecule has 0 heterocycles. The van der Waals surface area contributed by atoms with Crippen LogP contribution >= 0.6 is 0 Å². The molecule has 0 aliphatic heterocycles. The fourth-order valence-electron chi connectivity index (χ4n) is 1.20. The van der Waals surface area contributed by atoms with Gasteiger partial charge in [-0.2, -0.15) is 4.31 Å². The summed E-state index contributed by atoms with van der Waals surface area (Å²) in [7, 11) is -2.80. The summed E-state index contributed by atoms with van der Waals surface area (Å²) in [5, 5.41) is 9.00. The van der Waals surface area contributed by atoms with Crippen molar-refractivity contribution in [2.75, 3.05) is 7.05 Å². The number of hydrogen-bond donors (Lipinski definition) is 1. The molecule has 0 saturated heterocycles. The summed E-state index contributed by atoms with van der Waals surface area (Å²) in [6, 6.07) is 4.21. The lowest BCUT2D eigenvalue weighted by molar-refractivity contribution is -0.145. The Kier molecular flexibility index (Phi) is 3.78. The molecule has 0 bridgehead atoms. The Morgan fingerprint density at radius 3 is 2.11 bits per heavy atom. The van der Waals surface area contributed by atoms with Gasteiger partial charge in [-0.15, -0.1) is 0 Å². The first kappa shape index (κ1) is 14.6. The maximum absolute atomic E-state index is 12.7. The predicted octanol–water partition coefficient (Wildman–Crippen LogP) is 1.31. The minimum atomic E-state index is -3.97. The number of aliphatic carboxylic acids is 1. The summed E-state index contributed by atoms with van der Waals surface area (Å²) in [6.07, 6.45) is 0. The Morgan fingerprint density at radius 1 is 1.28 bits per heavy atom. The molecule has 1 N–H and O–H groups in total. The Hall–Kier alpha value is -1.47. The Labute approximate surface area is 105 Å². The topological polar surface area (TPSA) is 74.7 Å². The van der Waals surface area contributed by atoms with Crippen LogP contribution in [0.25, 0.3) is 0 Å². The molecule has 0 amide bonds. The number of carbonyl (C=O) groups is 1. The molecule has 18 heavy (non-hydrogen) atoms. The third kappa shape index (κ3) is 2.51. The Bertz CT molecular complexity index is 551. The summed E-state index contributed by atoms with van der Waals surface area (Å²) < 4.78 is 37.8. The highest BCUT2D eigenvalue weighted by molar-refractivity contribution is 7.89. The predicted molar refractivity (Wildman–Crippen MR) is 63.1 cm³/mol. The molecule has 0 fully saturated rings. The van der Waals surface area contributed by atoms with Crippen molar-refractivity contribution in [3.63, 3.8) is 0 Å². The van der Waals surface area contributed by atoms with Gasteiger partial charge in [0.1, 0.15) is 11.4 Å². The lowest BCUT2D eigenvalue weighted by Crippen LogP contribution is -2.50. The highest BCUT2D eigenvalue weighted by Crippen LogP contribution is 2.23. The summed E-state index contributed by atoms with van der Waals surface area (Å²) in [5.41, 5.74) is -1.59. The zero-order valence-corrected chi connectivity index (χ0v) is 11.0. The summed E-state index contributed by atoms with van der Waals surface area (Å²) >= 11 is 0. The van der Waals surface area contributed by atoms with Gasteiger partial charge in [0.2, 0.25) is 10.0 Å². The van der Waals surface area contributed by atoms with Crippen LogP contribution in [0.4, 0.5) is 4.39 Å². The molecular formula is C11H14FNO4S. The minimum absolute atomic E-state index is 0.152. The zero-order valence-electron chi connectivity index (χ0n) is 10.2. The van der Waals surface area contributed by atoms with Crippen LogP contribution in [0.1, 0.15) is 13.8 Å². The van der Waals surface area contributed by atoms with Crippen LogP contribution in [0, 0.1) is 5.82 Å². The first-order valence-corrected chi connectivity index (χ1v) is 6.52. The van der Waals surface area contributed by atoms with E-state index in [9.17, 15) is 17.6 Å². The van der Waals surface area contributed by atoms with Gasteiger partial charge < -0.3 is 5.11 Å². The number of nitrogens with zero attached hydrogens (tertiary/aromatic N) is 1. The Balaban J connectivity index is 3.23. The molecule has 1 aromatic carbocycles. The van der Waals surface area contributed by atoms with Crippen molar-refractivity contribution < 1.29 is 22.7 Å². The number of carboxylic acid groups (broad SMARTS) is 1. The number of hydrogen-bond acceptors (Lipinski definition) is 3. The van der Waals surface area contributed by atoms with Crippen molar-refractivity contribution >= 4 is 16.0 Å². The van der Waals surface area contributed by atoms with Crippen LogP contribution in [0.15, 0.2) is 29.2 Å². The highest BCUT2D eigenvalue weighted by Gasteiger charge is 2.39. The van der Waals surface area contributed by atoms with Crippen molar-refractivity contribution in [1.82, 2.24) is 4.31 Å². The minimum Gasteiger partial charge on any atom is -0.480 e. The van der Waals surface area contributed by atoms with Crippen LogP contribution in [0.3, 0.4) is 0 Å². The van der Waals surface area contributed by atoms with Crippen LogP contribution in [0.5, 0.6) is 0 Å². The average Bonchev–Trinajstić information content (AvgIpc) is 2.28. The second kappa shape index (κ2) is 4.66. The maximum atomic E-state index is 12.7. The SMILES string of the molecule is CN(C(C)(C)C(=O)O)S(=O)(=O)c1ccc(F)cc1. The molecule has 7 heteroatoms. The standard InChI is InChI=1S/C11H14FNO4S/c1-11(2,10(14)15)13(3)18(16,17)9-6-4-8(12)5-7-9/h4-7H,1-3H3,(H,14,15). The molecule has 0 aliphatic rings. The van der Waals surface area contributed by atoms with Gasteiger partial charge in [-0.05, 0) is 38.1 Å². The number of sulfonamides is 1. The third-order valence-electron chi connectivity index (χ3n) is 2.78. The zero-order chi connectivity index (χ0) is 14.1. The van der Waals surface area contributed by atoms with Crippen molar-refractivity contribution in [2.24, 2.45) is 0 Å². The monoisotopic (exact) mass is 275 g/mol. The van der Waals surface area contributed by atoms with Gasteiger partial charge in [0, 0.05) is 7.05 Å². The van der Waals surface area contributed by atoms with Gasteiger partial charge in [-0.1, -0.05) is 0 Å². The summed E-state index contributed by atoms with van der Waals surface area (Å²) in [4.78, 5) is 10.9. The van der Waals surface area contributed by atoms with Crippen molar-refractivity contribution in [1.29, 1.82) is 0 Å². The van der Waals surface area contributed by atoms with E-state index in [0.29, 0.717) is 0 Å². The molecule has 5 nitrogen and oxygen atoms in total. The molecule has 0 radical (unpaired) electrons. The molecule has 0 aliphatic carbocycles. The van der Waals surface area contributed by atoms with E-state index >= 15 is 0 Å².